The van der Waals surface area contributed by atoms with Crippen molar-refractivity contribution in [2.75, 3.05) is 23.1 Å². The molecule has 1 saturated carbocycles. The third-order valence-electron chi connectivity index (χ3n) is 5.47. The lowest BCUT2D eigenvalue weighted by Gasteiger charge is -2.25. The predicted octanol–water partition coefficient (Wildman–Crippen LogP) is 4.60. The summed E-state index contributed by atoms with van der Waals surface area (Å²) in [5.41, 5.74) is 3.39. The van der Waals surface area contributed by atoms with Crippen LogP contribution in [0.3, 0.4) is 0 Å². The first kappa shape index (κ1) is 23.7. The summed E-state index contributed by atoms with van der Waals surface area (Å²) >= 11 is 1.90. The van der Waals surface area contributed by atoms with Crippen molar-refractivity contribution < 1.29 is 13.2 Å². The summed E-state index contributed by atoms with van der Waals surface area (Å²) < 4.78 is 28.1. The van der Waals surface area contributed by atoms with Gasteiger partial charge < -0.3 is 5.32 Å². The van der Waals surface area contributed by atoms with E-state index in [-0.39, 0.29) is 17.3 Å². The van der Waals surface area contributed by atoms with Crippen molar-refractivity contribution >= 4 is 33.4 Å². The molecule has 1 aliphatic carbocycles. The number of nitrogens with one attached hydrogen (secondary N) is 1. The average Bonchev–Trinajstić information content (AvgIpc) is 3.22. The second-order valence-corrected chi connectivity index (χ2v) is 11.6. The Kier molecular flexibility index (Phi) is 8.06. The fraction of sp³-hybridized carbons (Fsp3) is 0.458. The Morgan fingerprint density at radius 3 is 2.23 bits per heavy atom. The molecule has 0 atom stereocenters. The lowest BCUT2D eigenvalue weighted by atomic mass is 10.1. The van der Waals surface area contributed by atoms with Gasteiger partial charge in [-0.3, -0.25) is 9.10 Å². The lowest BCUT2D eigenvalue weighted by molar-refractivity contribution is -0.119. The maximum Gasteiger partial charge on any atom is 0.264 e. The van der Waals surface area contributed by atoms with Gasteiger partial charge in [0.15, 0.2) is 0 Å². The number of hydrogen-bond acceptors (Lipinski definition) is 4. The highest BCUT2D eigenvalue weighted by Crippen LogP contribution is 2.29. The van der Waals surface area contributed by atoms with E-state index < -0.39 is 10.0 Å². The monoisotopic (exact) mass is 460 g/mol. The molecule has 0 radical (unpaired) electrons. The molecule has 0 heterocycles. The highest BCUT2D eigenvalue weighted by atomic mass is 32.2. The van der Waals surface area contributed by atoms with Gasteiger partial charge in [0.25, 0.3) is 10.0 Å². The van der Waals surface area contributed by atoms with Gasteiger partial charge in [-0.2, -0.15) is 11.8 Å². The Labute approximate surface area is 190 Å². The van der Waals surface area contributed by atoms with Gasteiger partial charge in [-0.25, -0.2) is 8.42 Å². The van der Waals surface area contributed by atoms with E-state index in [4.69, 9.17) is 0 Å². The quantitative estimate of drug-likeness (QED) is 0.556. The highest BCUT2D eigenvalue weighted by Gasteiger charge is 2.27. The van der Waals surface area contributed by atoms with Crippen molar-refractivity contribution in [1.82, 2.24) is 5.32 Å². The number of rotatable bonds is 9. The molecule has 0 aromatic heterocycles. The Bertz CT molecular complexity index is 978. The normalized spacial score (nSPS) is 14.5. The number of sulfonamides is 1. The summed E-state index contributed by atoms with van der Waals surface area (Å²) in [5, 5.41) is 3.60. The summed E-state index contributed by atoms with van der Waals surface area (Å²) in [6, 6.07) is 12.3. The molecule has 0 aliphatic heterocycles. The van der Waals surface area contributed by atoms with Crippen molar-refractivity contribution in [2.24, 2.45) is 0 Å². The van der Waals surface area contributed by atoms with Crippen molar-refractivity contribution in [3.63, 3.8) is 0 Å². The first-order valence-corrected chi connectivity index (χ1v) is 13.3. The topological polar surface area (TPSA) is 66.5 Å². The van der Waals surface area contributed by atoms with Gasteiger partial charge in [0, 0.05) is 17.5 Å². The zero-order chi connectivity index (χ0) is 22.4. The summed E-state index contributed by atoms with van der Waals surface area (Å²) in [6.45, 7) is 6.06. The lowest BCUT2D eigenvalue weighted by Crippen LogP contribution is -2.41. The van der Waals surface area contributed by atoms with E-state index in [1.165, 1.54) is 30.0 Å². The molecule has 2 aromatic carbocycles. The third-order valence-corrected chi connectivity index (χ3v) is 8.64. The second kappa shape index (κ2) is 10.6. The molecular formula is C24H32N2O3S2. The zero-order valence-electron chi connectivity index (χ0n) is 18.6. The van der Waals surface area contributed by atoms with Crippen LogP contribution in [0.2, 0.25) is 0 Å². The number of nitrogens with zero attached hydrogens (tertiary/aromatic N) is 1. The zero-order valence-corrected chi connectivity index (χ0v) is 20.2. The van der Waals surface area contributed by atoms with Crippen molar-refractivity contribution in [1.29, 1.82) is 0 Å². The minimum atomic E-state index is -3.88. The molecule has 168 valence electrons. The molecule has 31 heavy (non-hydrogen) atoms. The van der Waals surface area contributed by atoms with E-state index in [0.29, 0.717) is 17.5 Å². The van der Waals surface area contributed by atoms with Gasteiger partial charge in [0.1, 0.15) is 6.54 Å². The first-order valence-electron chi connectivity index (χ1n) is 10.8. The molecule has 1 amide bonds. The van der Waals surface area contributed by atoms with Crippen molar-refractivity contribution in [2.45, 2.75) is 56.6 Å². The summed E-state index contributed by atoms with van der Waals surface area (Å²) in [4.78, 5) is 12.9. The van der Waals surface area contributed by atoms with Gasteiger partial charge in [0.2, 0.25) is 5.91 Å². The second-order valence-electron chi connectivity index (χ2n) is 8.30. The minimum absolute atomic E-state index is 0.182. The van der Waals surface area contributed by atoms with Gasteiger partial charge in [-0.15, -0.1) is 0 Å². The average molecular weight is 461 g/mol. The number of aryl methyl sites for hydroxylation is 3. The molecule has 0 bridgehead atoms. The van der Waals surface area contributed by atoms with Crippen LogP contribution in [-0.2, 0) is 14.8 Å². The maximum atomic E-state index is 13.4. The fourth-order valence-electron chi connectivity index (χ4n) is 3.90. The van der Waals surface area contributed by atoms with Crippen LogP contribution in [-0.4, -0.2) is 38.4 Å². The van der Waals surface area contributed by atoms with Crippen LogP contribution in [0.5, 0.6) is 0 Å². The van der Waals surface area contributed by atoms with Crippen LogP contribution in [0.25, 0.3) is 0 Å². The van der Waals surface area contributed by atoms with Gasteiger partial charge in [0.05, 0.1) is 10.6 Å². The number of benzene rings is 2. The molecule has 1 N–H and O–H groups in total. The van der Waals surface area contributed by atoms with Crippen LogP contribution in [0.15, 0.2) is 47.4 Å². The molecule has 0 saturated heterocycles. The minimum Gasteiger partial charge on any atom is -0.354 e. The number of amides is 1. The van der Waals surface area contributed by atoms with E-state index in [2.05, 4.69) is 5.32 Å². The third kappa shape index (κ3) is 6.50. The number of carbonyl (C=O) groups excluding carboxylic acids is 1. The largest absolute Gasteiger partial charge is 0.354 e. The standard InChI is InChI=1S/C24H32N2O3S2/c1-18-8-10-23(11-9-18)31(28,29)26(21-15-19(2)14-20(3)16-21)17-24(27)25-12-13-30-22-6-4-5-7-22/h8-11,14-16,22H,4-7,12-13,17H2,1-3H3,(H,25,27). The Morgan fingerprint density at radius 1 is 1.00 bits per heavy atom. The number of carbonyl (C=O) groups is 1. The number of anilines is 1. The summed E-state index contributed by atoms with van der Waals surface area (Å²) in [7, 11) is -3.88. The van der Waals surface area contributed by atoms with Crippen LogP contribution >= 0.6 is 11.8 Å². The van der Waals surface area contributed by atoms with Crippen LogP contribution in [0.1, 0.15) is 42.4 Å². The van der Waals surface area contributed by atoms with Gasteiger partial charge in [-0.05, 0) is 69.0 Å². The molecule has 1 aliphatic rings. The van der Waals surface area contributed by atoms with Gasteiger partial charge >= 0.3 is 0 Å². The van der Waals surface area contributed by atoms with Crippen LogP contribution < -0.4 is 9.62 Å². The molecule has 1 fully saturated rings. The predicted molar refractivity (Wildman–Crippen MR) is 129 cm³/mol. The molecule has 7 heteroatoms. The first-order chi connectivity index (χ1) is 14.8. The molecule has 0 spiro atoms. The molecular weight excluding hydrogens is 428 g/mol. The smallest absolute Gasteiger partial charge is 0.264 e. The SMILES string of the molecule is Cc1ccc(S(=O)(=O)N(CC(=O)NCCSC2CCCC2)c2cc(C)cc(C)c2)cc1. The van der Waals surface area contributed by atoms with Gasteiger partial charge in [-0.1, -0.05) is 36.6 Å². The van der Waals surface area contributed by atoms with E-state index in [9.17, 15) is 13.2 Å². The van der Waals surface area contributed by atoms with E-state index in [1.54, 1.807) is 24.3 Å². The maximum absolute atomic E-state index is 13.4. The van der Waals surface area contributed by atoms with E-state index in [1.807, 2.05) is 50.7 Å². The van der Waals surface area contributed by atoms with Crippen molar-refractivity contribution in [3.8, 4) is 0 Å². The Hall–Kier alpha value is -1.99. The van der Waals surface area contributed by atoms with Crippen LogP contribution in [0.4, 0.5) is 5.69 Å². The molecule has 2 aromatic rings. The fourth-order valence-corrected chi connectivity index (χ4v) is 6.53. The molecule has 0 unspecified atom stereocenters. The Morgan fingerprint density at radius 2 is 1.61 bits per heavy atom. The van der Waals surface area contributed by atoms with Crippen LogP contribution in [0, 0.1) is 20.8 Å². The Balaban J connectivity index is 1.75. The van der Waals surface area contributed by atoms with E-state index >= 15 is 0 Å². The highest BCUT2D eigenvalue weighted by molar-refractivity contribution is 7.99. The van der Waals surface area contributed by atoms with E-state index in [0.717, 1.165) is 22.4 Å². The number of hydrogen-bond donors (Lipinski definition) is 1. The number of thioether (sulfide) groups is 1. The molecule has 3 rings (SSSR count). The summed E-state index contributed by atoms with van der Waals surface area (Å²) in [6.07, 6.45) is 5.11. The summed E-state index contributed by atoms with van der Waals surface area (Å²) in [5.74, 6) is 0.562. The van der Waals surface area contributed by atoms with Crippen molar-refractivity contribution in [3.05, 3.63) is 59.2 Å². The molecule has 5 nitrogen and oxygen atoms in total.